The van der Waals surface area contributed by atoms with Gasteiger partial charge in [-0.1, -0.05) is 378 Å². The number of amides is 1. The minimum absolute atomic E-state index is 0.0111. The molecule has 486 valence electrons. The van der Waals surface area contributed by atoms with Crippen molar-refractivity contribution in [2.24, 2.45) is 0 Å². The van der Waals surface area contributed by atoms with E-state index >= 15 is 0 Å². The summed E-state index contributed by atoms with van der Waals surface area (Å²) in [6, 6.07) is -0.534. The zero-order chi connectivity index (χ0) is 59.2. The highest BCUT2D eigenvalue weighted by atomic mass is 16.5. The first-order valence-corrected chi connectivity index (χ1v) is 37.6. The highest BCUT2D eigenvalue weighted by Crippen LogP contribution is 2.20. The Morgan fingerprint density at radius 3 is 0.939 bits per heavy atom. The summed E-state index contributed by atoms with van der Waals surface area (Å²) >= 11 is 0. The van der Waals surface area contributed by atoms with Gasteiger partial charge in [0.05, 0.1) is 25.4 Å². The van der Waals surface area contributed by atoms with Crippen molar-refractivity contribution in [2.75, 3.05) is 13.2 Å². The number of esters is 1. The molecule has 0 saturated heterocycles. The average molecular weight is 1160 g/mol. The number of carbonyl (C=O) groups is 2. The first-order chi connectivity index (χ1) is 40.5. The molecule has 0 aliphatic rings. The Balaban J connectivity index is 3.26. The number of hydrogen-bond acceptors (Lipinski definition) is 5. The molecule has 0 aliphatic carbocycles. The SMILES string of the molecule is CCCCCC/C=C\C/C=C\CCCCCCCC(=O)OCCCCCCCCCCCCCCCCCCCCCCCCCCCCCCCCCCCCCCCCCC(=O)NC(CO)C(O)CCCCCCCCCCCC. The van der Waals surface area contributed by atoms with Crippen LogP contribution in [0.25, 0.3) is 0 Å². The average Bonchev–Trinajstić information content (AvgIpc) is 3.48. The van der Waals surface area contributed by atoms with Gasteiger partial charge < -0.3 is 20.3 Å². The molecule has 0 aromatic heterocycles. The summed E-state index contributed by atoms with van der Waals surface area (Å²) in [6.07, 6.45) is 91.4. The fourth-order valence-corrected chi connectivity index (χ4v) is 12.0. The standard InChI is InChI=1S/C76H147NO5/c1-3-5-7-9-11-13-15-16-17-44-47-50-54-58-62-66-70-76(81)82-71-67-63-59-55-51-48-45-42-40-38-36-34-32-30-28-26-24-22-20-18-19-21-23-25-27-29-31-33-35-37-39-41-43-46-49-53-57-61-65-69-75(80)77-73(72-78)74(79)68-64-60-56-52-14-12-10-8-6-4-2/h13,15,17,44,73-74,78-79H,3-12,14,16,18-43,45-72H2,1-2H3,(H,77,80)/b15-13-,44-17-. The Bertz CT molecular complexity index is 1280. The molecule has 6 heteroatoms. The van der Waals surface area contributed by atoms with Crippen LogP contribution in [0.5, 0.6) is 0 Å². The molecule has 0 bridgehead atoms. The highest BCUT2D eigenvalue weighted by molar-refractivity contribution is 5.76. The molecule has 3 N–H and O–H groups in total. The number of ether oxygens (including phenoxy) is 1. The van der Waals surface area contributed by atoms with Gasteiger partial charge in [-0.05, 0) is 57.8 Å². The number of rotatable bonds is 71. The summed E-state index contributed by atoms with van der Waals surface area (Å²) in [4.78, 5) is 24.5. The summed E-state index contributed by atoms with van der Waals surface area (Å²) in [5.74, 6) is -0.0173. The number of unbranched alkanes of at least 4 members (excludes halogenated alkanes) is 56. The van der Waals surface area contributed by atoms with Crippen molar-refractivity contribution in [1.82, 2.24) is 5.32 Å². The lowest BCUT2D eigenvalue weighted by Gasteiger charge is -2.22. The molecule has 0 fully saturated rings. The van der Waals surface area contributed by atoms with Crippen molar-refractivity contribution >= 4 is 11.9 Å². The first kappa shape index (κ1) is 80.3. The van der Waals surface area contributed by atoms with Crippen LogP contribution in [0, 0.1) is 0 Å². The van der Waals surface area contributed by atoms with Crippen LogP contribution in [-0.2, 0) is 14.3 Å². The van der Waals surface area contributed by atoms with E-state index in [9.17, 15) is 19.8 Å². The Hall–Kier alpha value is -1.66. The molecule has 82 heavy (non-hydrogen) atoms. The molecule has 2 atom stereocenters. The van der Waals surface area contributed by atoms with Gasteiger partial charge in [-0.2, -0.15) is 0 Å². The topological polar surface area (TPSA) is 95.9 Å². The zero-order valence-electron chi connectivity index (χ0n) is 55.8. The Kier molecular flexibility index (Phi) is 70.4. The van der Waals surface area contributed by atoms with Crippen LogP contribution < -0.4 is 5.32 Å². The molecule has 0 radical (unpaired) electrons. The second kappa shape index (κ2) is 71.8. The Morgan fingerprint density at radius 1 is 0.341 bits per heavy atom. The van der Waals surface area contributed by atoms with Gasteiger partial charge in [-0.3, -0.25) is 9.59 Å². The molecular weight excluding hydrogens is 1010 g/mol. The number of aliphatic hydroxyl groups excluding tert-OH is 2. The van der Waals surface area contributed by atoms with Gasteiger partial charge in [0.2, 0.25) is 5.91 Å². The van der Waals surface area contributed by atoms with Gasteiger partial charge in [0.1, 0.15) is 0 Å². The number of aliphatic hydroxyl groups is 2. The lowest BCUT2D eigenvalue weighted by atomic mass is 10.0. The number of allylic oxidation sites excluding steroid dienone is 4. The molecule has 0 rings (SSSR count). The third kappa shape index (κ3) is 67.5. The molecule has 0 aromatic carbocycles. The van der Waals surface area contributed by atoms with Crippen LogP contribution in [0.4, 0.5) is 0 Å². The van der Waals surface area contributed by atoms with E-state index in [2.05, 4.69) is 43.5 Å². The first-order valence-electron chi connectivity index (χ1n) is 37.6. The molecule has 2 unspecified atom stereocenters. The largest absolute Gasteiger partial charge is 0.466 e. The van der Waals surface area contributed by atoms with Gasteiger partial charge in [0.25, 0.3) is 0 Å². The van der Waals surface area contributed by atoms with Crippen LogP contribution in [0.15, 0.2) is 24.3 Å². The van der Waals surface area contributed by atoms with E-state index in [1.165, 1.54) is 340 Å². The van der Waals surface area contributed by atoms with E-state index in [0.717, 1.165) is 51.4 Å². The van der Waals surface area contributed by atoms with Crippen molar-refractivity contribution in [3.8, 4) is 0 Å². The van der Waals surface area contributed by atoms with Gasteiger partial charge >= 0.3 is 5.97 Å². The fourth-order valence-electron chi connectivity index (χ4n) is 12.0. The maximum Gasteiger partial charge on any atom is 0.305 e. The van der Waals surface area contributed by atoms with E-state index < -0.39 is 12.1 Å². The molecular formula is C76H147NO5. The van der Waals surface area contributed by atoms with E-state index in [0.29, 0.717) is 25.9 Å². The predicted molar refractivity (Wildman–Crippen MR) is 361 cm³/mol. The van der Waals surface area contributed by atoms with E-state index in [1.54, 1.807) is 0 Å². The van der Waals surface area contributed by atoms with Crippen LogP contribution in [-0.4, -0.2) is 47.4 Å². The third-order valence-electron chi connectivity index (χ3n) is 17.8. The minimum atomic E-state index is -0.657. The van der Waals surface area contributed by atoms with Crippen LogP contribution >= 0.6 is 0 Å². The minimum Gasteiger partial charge on any atom is -0.466 e. The normalized spacial score (nSPS) is 12.6. The summed E-state index contributed by atoms with van der Waals surface area (Å²) < 4.78 is 5.50. The summed E-state index contributed by atoms with van der Waals surface area (Å²) in [5, 5.41) is 23.2. The highest BCUT2D eigenvalue weighted by Gasteiger charge is 2.20. The number of carbonyl (C=O) groups excluding carboxylic acids is 2. The zero-order valence-corrected chi connectivity index (χ0v) is 55.8. The molecule has 0 saturated carbocycles. The smallest absolute Gasteiger partial charge is 0.305 e. The fraction of sp³-hybridized carbons (Fsp3) is 0.921. The summed E-state index contributed by atoms with van der Waals surface area (Å²) in [7, 11) is 0. The lowest BCUT2D eigenvalue weighted by molar-refractivity contribution is -0.143. The summed E-state index contributed by atoms with van der Waals surface area (Å²) in [5.41, 5.74) is 0. The Morgan fingerprint density at radius 2 is 0.610 bits per heavy atom. The van der Waals surface area contributed by atoms with Gasteiger partial charge in [-0.25, -0.2) is 0 Å². The van der Waals surface area contributed by atoms with Gasteiger partial charge in [-0.15, -0.1) is 0 Å². The Labute approximate surface area is 513 Å². The van der Waals surface area contributed by atoms with Crippen molar-refractivity contribution in [3.63, 3.8) is 0 Å². The van der Waals surface area contributed by atoms with E-state index in [-0.39, 0.29) is 18.5 Å². The van der Waals surface area contributed by atoms with Crippen LogP contribution in [0.2, 0.25) is 0 Å². The van der Waals surface area contributed by atoms with Gasteiger partial charge in [0.15, 0.2) is 0 Å². The van der Waals surface area contributed by atoms with Crippen molar-refractivity contribution in [1.29, 1.82) is 0 Å². The third-order valence-corrected chi connectivity index (χ3v) is 17.8. The number of hydrogen-bond donors (Lipinski definition) is 3. The monoisotopic (exact) mass is 1150 g/mol. The van der Waals surface area contributed by atoms with Crippen molar-refractivity contribution in [3.05, 3.63) is 24.3 Å². The lowest BCUT2D eigenvalue weighted by Crippen LogP contribution is -2.45. The molecule has 0 spiro atoms. The summed E-state index contributed by atoms with van der Waals surface area (Å²) in [6.45, 7) is 4.95. The second-order valence-corrected chi connectivity index (χ2v) is 26.0. The van der Waals surface area contributed by atoms with Crippen molar-refractivity contribution < 1.29 is 24.5 Å². The van der Waals surface area contributed by atoms with Gasteiger partial charge in [0, 0.05) is 12.8 Å². The van der Waals surface area contributed by atoms with E-state index in [1.807, 2.05) is 0 Å². The van der Waals surface area contributed by atoms with Crippen LogP contribution in [0.1, 0.15) is 425 Å². The molecule has 0 aliphatic heterocycles. The number of nitrogens with one attached hydrogen (secondary N) is 1. The molecule has 0 aromatic rings. The van der Waals surface area contributed by atoms with Crippen LogP contribution in [0.3, 0.4) is 0 Å². The second-order valence-electron chi connectivity index (χ2n) is 26.0. The molecule has 6 nitrogen and oxygen atoms in total. The maximum atomic E-state index is 12.5. The van der Waals surface area contributed by atoms with Crippen molar-refractivity contribution in [2.45, 2.75) is 437 Å². The molecule has 1 amide bonds. The van der Waals surface area contributed by atoms with E-state index in [4.69, 9.17) is 4.74 Å². The maximum absolute atomic E-state index is 12.5. The quantitative estimate of drug-likeness (QED) is 0.0320. The molecule has 0 heterocycles. The predicted octanol–water partition coefficient (Wildman–Crippen LogP) is 24.5.